The number of ether oxygens (including phenoxy) is 1. The normalized spacial score (nSPS) is 11.1. The zero-order chi connectivity index (χ0) is 21.3. The van der Waals surface area contributed by atoms with Crippen LogP contribution in [0.25, 0.3) is 0 Å². The molecule has 29 heavy (non-hydrogen) atoms. The molecule has 0 aromatic heterocycles. The third-order valence-electron chi connectivity index (χ3n) is 6.00. The maximum atomic E-state index is 11.8. The lowest BCUT2D eigenvalue weighted by molar-refractivity contribution is -0.143. The Morgan fingerprint density at radius 1 is 0.448 bits per heavy atom. The average molecular weight is 411 g/mol. The maximum absolute atomic E-state index is 11.8. The van der Waals surface area contributed by atoms with Gasteiger partial charge in [-0.3, -0.25) is 4.79 Å². The molecule has 0 fully saturated rings. The summed E-state index contributed by atoms with van der Waals surface area (Å²) < 4.78 is 5.37. The Bertz CT molecular complexity index is 314. The first kappa shape index (κ1) is 28.5. The molecule has 0 atom stereocenters. The van der Waals surface area contributed by atoms with E-state index < -0.39 is 0 Å². The first-order valence-corrected chi connectivity index (χ1v) is 13.5. The fourth-order valence-corrected chi connectivity index (χ4v) is 3.96. The number of rotatable bonds is 24. The van der Waals surface area contributed by atoms with Gasteiger partial charge in [-0.2, -0.15) is 0 Å². The standard InChI is InChI=1S/C27H54O2/c1-3-5-7-9-11-13-14-15-16-17-19-21-23-25-27(28)29-26-24-22-20-18-12-10-8-6-4-2/h3-26H2,1-2H3. The molecular weight excluding hydrogens is 356 g/mol. The summed E-state index contributed by atoms with van der Waals surface area (Å²) in [6, 6.07) is 0. The van der Waals surface area contributed by atoms with E-state index in [1.807, 2.05) is 0 Å². The van der Waals surface area contributed by atoms with Crippen molar-refractivity contribution in [1.82, 2.24) is 0 Å². The highest BCUT2D eigenvalue weighted by Crippen LogP contribution is 2.13. The van der Waals surface area contributed by atoms with E-state index in [1.165, 1.54) is 128 Å². The average Bonchev–Trinajstić information content (AvgIpc) is 2.72. The van der Waals surface area contributed by atoms with Crippen molar-refractivity contribution >= 4 is 5.97 Å². The molecule has 0 saturated heterocycles. The first-order valence-electron chi connectivity index (χ1n) is 13.5. The van der Waals surface area contributed by atoms with Crippen LogP contribution < -0.4 is 0 Å². The number of hydrogen-bond donors (Lipinski definition) is 0. The molecule has 0 amide bonds. The lowest BCUT2D eigenvalue weighted by Gasteiger charge is -2.05. The SMILES string of the molecule is CCCCCCCCCCCCCCCC(=O)OCCCCCCCCCCC. The molecule has 174 valence electrons. The topological polar surface area (TPSA) is 26.3 Å². The Hall–Kier alpha value is -0.530. The van der Waals surface area contributed by atoms with Crippen LogP contribution in [0, 0.1) is 0 Å². The summed E-state index contributed by atoms with van der Waals surface area (Å²) in [7, 11) is 0. The summed E-state index contributed by atoms with van der Waals surface area (Å²) in [6.07, 6.45) is 29.8. The molecule has 0 radical (unpaired) electrons. The second-order valence-corrected chi connectivity index (χ2v) is 9.04. The predicted octanol–water partition coefficient (Wildman–Crippen LogP) is 9.54. The fraction of sp³-hybridized carbons (Fsp3) is 0.963. The van der Waals surface area contributed by atoms with Gasteiger partial charge in [-0.25, -0.2) is 0 Å². The van der Waals surface area contributed by atoms with Crippen LogP contribution in [0.1, 0.15) is 162 Å². The van der Waals surface area contributed by atoms with Crippen molar-refractivity contribution in [1.29, 1.82) is 0 Å². The molecule has 0 heterocycles. The molecular formula is C27H54O2. The summed E-state index contributed by atoms with van der Waals surface area (Å²) in [6.45, 7) is 5.18. The van der Waals surface area contributed by atoms with Crippen LogP contribution in [0.15, 0.2) is 0 Å². The first-order chi connectivity index (χ1) is 14.3. The third kappa shape index (κ3) is 25.4. The molecule has 2 nitrogen and oxygen atoms in total. The summed E-state index contributed by atoms with van der Waals surface area (Å²) in [5, 5.41) is 0. The maximum Gasteiger partial charge on any atom is 0.305 e. The van der Waals surface area contributed by atoms with E-state index in [-0.39, 0.29) is 5.97 Å². The van der Waals surface area contributed by atoms with Gasteiger partial charge in [0.15, 0.2) is 0 Å². The zero-order valence-corrected chi connectivity index (χ0v) is 20.3. The molecule has 0 spiro atoms. The molecule has 0 aromatic carbocycles. The van der Waals surface area contributed by atoms with Crippen molar-refractivity contribution < 1.29 is 9.53 Å². The molecule has 0 saturated carbocycles. The van der Waals surface area contributed by atoms with Crippen LogP contribution in [-0.2, 0) is 9.53 Å². The highest BCUT2D eigenvalue weighted by molar-refractivity contribution is 5.69. The van der Waals surface area contributed by atoms with Gasteiger partial charge in [0, 0.05) is 6.42 Å². The second-order valence-electron chi connectivity index (χ2n) is 9.04. The molecule has 0 aliphatic rings. The fourth-order valence-electron chi connectivity index (χ4n) is 3.96. The smallest absolute Gasteiger partial charge is 0.305 e. The van der Waals surface area contributed by atoms with Crippen LogP contribution in [0.4, 0.5) is 0 Å². The van der Waals surface area contributed by atoms with E-state index in [9.17, 15) is 4.79 Å². The Kier molecular flexibility index (Phi) is 25.0. The van der Waals surface area contributed by atoms with Crippen molar-refractivity contribution in [3.63, 3.8) is 0 Å². The van der Waals surface area contributed by atoms with Crippen molar-refractivity contribution in [3.05, 3.63) is 0 Å². The van der Waals surface area contributed by atoms with Crippen molar-refractivity contribution in [2.24, 2.45) is 0 Å². The molecule has 0 aliphatic carbocycles. The van der Waals surface area contributed by atoms with Gasteiger partial charge in [-0.05, 0) is 12.8 Å². The van der Waals surface area contributed by atoms with E-state index in [2.05, 4.69) is 13.8 Å². The lowest BCUT2D eigenvalue weighted by atomic mass is 10.0. The largest absolute Gasteiger partial charge is 0.466 e. The minimum absolute atomic E-state index is 0.0210. The van der Waals surface area contributed by atoms with E-state index in [0.717, 1.165) is 12.8 Å². The molecule has 0 unspecified atom stereocenters. The van der Waals surface area contributed by atoms with E-state index in [0.29, 0.717) is 13.0 Å². The van der Waals surface area contributed by atoms with E-state index >= 15 is 0 Å². The van der Waals surface area contributed by atoms with Crippen LogP contribution in [0.3, 0.4) is 0 Å². The quantitative estimate of drug-likeness (QED) is 0.117. The second kappa shape index (κ2) is 25.5. The predicted molar refractivity (Wildman–Crippen MR) is 128 cm³/mol. The van der Waals surface area contributed by atoms with Gasteiger partial charge < -0.3 is 4.74 Å². The summed E-state index contributed by atoms with van der Waals surface area (Å²) in [5.41, 5.74) is 0. The van der Waals surface area contributed by atoms with Gasteiger partial charge in [0.2, 0.25) is 0 Å². The van der Waals surface area contributed by atoms with Crippen molar-refractivity contribution in [2.45, 2.75) is 162 Å². The van der Waals surface area contributed by atoms with Crippen LogP contribution in [0.5, 0.6) is 0 Å². The number of carbonyl (C=O) groups is 1. The van der Waals surface area contributed by atoms with Gasteiger partial charge in [-0.1, -0.05) is 142 Å². The van der Waals surface area contributed by atoms with Crippen molar-refractivity contribution in [3.8, 4) is 0 Å². The van der Waals surface area contributed by atoms with E-state index in [4.69, 9.17) is 4.74 Å². The number of unbranched alkanes of at least 4 members (excludes halogenated alkanes) is 20. The third-order valence-corrected chi connectivity index (χ3v) is 6.00. The lowest BCUT2D eigenvalue weighted by Crippen LogP contribution is -2.05. The van der Waals surface area contributed by atoms with Crippen LogP contribution in [-0.4, -0.2) is 12.6 Å². The number of esters is 1. The highest BCUT2D eigenvalue weighted by Gasteiger charge is 2.02. The zero-order valence-electron chi connectivity index (χ0n) is 20.3. The number of hydrogen-bond acceptors (Lipinski definition) is 2. The van der Waals surface area contributed by atoms with E-state index in [1.54, 1.807) is 0 Å². The molecule has 0 aliphatic heterocycles. The summed E-state index contributed by atoms with van der Waals surface area (Å²) in [4.78, 5) is 11.8. The van der Waals surface area contributed by atoms with Gasteiger partial charge in [0.05, 0.1) is 6.61 Å². The van der Waals surface area contributed by atoms with Crippen LogP contribution >= 0.6 is 0 Å². The Morgan fingerprint density at radius 3 is 1.14 bits per heavy atom. The summed E-state index contributed by atoms with van der Waals surface area (Å²) in [5.74, 6) is 0.0210. The Labute approximate surface area is 184 Å². The highest BCUT2D eigenvalue weighted by atomic mass is 16.5. The molecule has 0 N–H and O–H groups in total. The molecule has 2 heteroatoms. The molecule has 0 bridgehead atoms. The van der Waals surface area contributed by atoms with Gasteiger partial charge in [0.1, 0.15) is 0 Å². The Morgan fingerprint density at radius 2 is 0.759 bits per heavy atom. The molecule has 0 rings (SSSR count). The minimum Gasteiger partial charge on any atom is -0.466 e. The Balaban J connectivity index is 3.13. The van der Waals surface area contributed by atoms with Crippen molar-refractivity contribution in [2.75, 3.05) is 6.61 Å². The van der Waals surface area contributed by atoms with Gasteiger partial charge in [0.25, 0.3) is 0 Å². The van der Waals surface area contributed by atoms with Gasteiger partial charge >= 0.3 is 5.97 Å². The number of carbonyl (C=O) groups excluding carboxylic acids is 1. The monoisotopic (exact) mass is 410 g/mol. The minimum atomic E-state index is 0.0210. The van der Waals surface area contributed by atoms with Gasteiger partial charge in [-0.15, -0.1) is 0 Å². The van der Waals surface area contributed by atoms with Crippen LogP contribution in [0.2, 0.25) is 0 Å². The summed E-state index contributed by atoms with van der Waals surface area (Å²) >= 11 is 0. The molecule has 0 aromatic rings.